The van der Waals surface area contributed by atoms with Gasteiger partial charge in [-0.05, 0) is 34.6 Å². The van der Waals surface area contributed by atoms with Gasteiger partial charge in [-0.15, -0.1) is 11.3 Å². The maximum Gasteiger partial charge on any atom is 0.413 e. The first kappa shape index (κ1) is 26.5. The maximum atomic E-state index is 13.1. The molecule has 36 heavy (non-hydrogen) atoms. The number of carbonyl (C=O) groups excluding carboxylic acids is 3. The number of ether oxygens (including phenoxy) is 1. The molecule has 1 saturated heterocycles. The fourth-order valence-corrected chi connectivity index (χ4v) is 3.41. The molecule has 2 aromatic rings. The number of thiazole rings is 1. The normalized spacial score (nSPS) is 18.0. The van der Waals surface area contributed by atoms with Crippen molar-refractivity contribution in [2.75, 3.05) is 5.32 Å². The molecule has 0 unspecified atom stereocenters. The minimum absolute atomic E-state index is 0.0164. The molecule has 3 amide bonds. The van der Waals surface area contributed by atoms with Crippen LogP contribution >= 0.6 is 11.3 Å². The highest BCUT2D eigenvalue weighted by Crippen LogP contribution is 2.20. The van der Waals surface area contributed by atoms with Crippen LogP contribution in [0.4, 0.5) is 9.93 Å². The standard InChI is InChI=1S/C20H26N8O7S/c1-19(2,3)34-18(33)26-17-24-11(7-36-17)13(27-35-20(4,5)16(31)32)15(30)25-12-10(23-14(12)29)6-28-9-21-8-22-28/h7-10,12H,6H2,1-5H3,(H,23,29)(H,25,30)(H,31,32)(H,24,26,33)/t10-,12-/m0/s1. The van der Waals surface area contributed by atoms with E-state index in [1.165, 1.54) is 36.6 Å². The third kappa shape index (κ3) is 6.74. The number of carboxylic acid groups (broad SMARTS) is 1. The number of nitrogens with zero attached hydrogens (tertiary/aromatic N) is 5. The van der Waals surface area contributed by atoms with E-state index in [9.17, 15) is 24.3 Å². The molecule has 1 aliphatic rings. The third-order valence-electron chi connectivity index (χ3n) is 4.60. The summed E-state index contributed by atoms with van der Waals surface area (Å²) in [4.78, 5) is 61.8. The molecular weight excluding hydrogens is 496 g/mol. The SMILES string of the molecule is CC(C)(C)OC(=O)Nc1nc(C(=NOC(C)(C)C(=O)O)C(=O)N[C@@H]2C(=O)N[C@H]2Cn2cncn2)cs1. The Morgan fingerprint density at radius 1 is 1.28 bits per heavy atom. The van der Waals surface area contributed by atoms with Gasteiger partial charge in [0.25, 0.3) is 5.91 Å². The highest BCUT2D eigenvalue weighted by Gasteiger charge is 2.42. The number of oxime groups is 1. The van der Waals surface area contributed by atoms with Crippen LogP contribution in [0.5, 0.6) is 0 Å². The van der Waals surface area contributed by atoms with Crippen LogP contribution < -0.4 is 16.0 Å². The van der Waals surface area contributed by atoms with Crippen molar-refractivity contribution in [1.29, 1.82) is 0 Å². The van der Waals surface area contributed by atoms with E-state index in [0.717, 1.165) is 11.3 Å². The van der Waals surface area contributed by atoms with Crippen LogP contribution in [0.1, 0.15) is 40.3 Å². The van der Waals surface area contributed by atoms with Gasteiger partial charge in [-0.1, -0.05) is 5.16 Å². The second-order valence-electron chi connectivity index (χ2n) is 9.20. The van der Waals surface area contributed by atoms with Crippen molar-refractivity contribution in [3.63, 3.8) is 0 Å². The Hall–Kier alpha value is -4.08. The average Bonchev–Trinajstić information content (AvgIpc) is 3.43. The molecule has 16 heteroatoms. The van der Waals surface area contributed by atoms with Gasteiger partial charge in [0.2, 0.25) is 11.5 Å². The van der Waals surface area contributed by atoms with Crippen LogP contribution in [0.15, 0.2) is 23.2 Å². The Balaban J connectivity index is 1.79. The number of carbonyl (C=O) groups is 4. The second-order valence-corrected chi connectivity index (χ2v) is 10.1. The number of hydrogen-bond donors (Lipinski definition) is 4. The van der Waals surface area contributed by atoms with E-state index < -0.39 is 52.9 Å². The Labute approximate surface area is 209 Å². The van der Waals surface area contributed by atoms with E-state index in [4.69, 9.17) is 9.57 Å². The molecule has 0 spiro atoms. The topological polar surface area (TPSA) is 199 Å². The van der Waals surface area contributed by atoms with Gasteiger partial charge >= 0.3 is 12.1 Å². The predicted octanol–water partition coefficient (Wildman–Crippen LogP) is 0.349. The van der Waals surface area contributed by atoms with E-state index in [2.05, 4.69) is 36.2 Å². The number of nitrogens with one attached hydrogen (secondary N) is 3. The van der Waals surface area contributed by atoms with Crippen LogP contribution in [0.2, 0.25) is 0 Å². The zero-order valence-electron chi connectivity index (χ0n) is 20.1. The summed E-state index contributed by atoms with van der Waals surface area (Å²) in [6.07, 6.45) is 2.05. The first-order valence-corrected chi connectivity index (χ1v) is 11.5. The van der Waals surface area contributed by atoms with Gasteiger partial charge in [0.1, 0.15) is 30.0 Å². The average molecular weight is 523 g/mol. The van der Waals surface area contributed by atoms with Gasteiger partial charge in [-0.2, -0.15) is 5.10 Å². The summed E-state index contributed by atoms with van der Waals surface area (Å²) in [5, 5.41) is 26.2. The number of amides is 3. The smallest absolute Gasteiger partial charge is 0.413 e. The summed E-state index contributed by atoms with van der Waals surface area (Å²) in [5.74, 6) is -2.58. The quantitative estimate of drug-likeness (QED) is 0.202. The molecule has 2 atom stereocenters. The first-order valence-electron chi connectivity index (χ1n) is 10.6. The Kier molecular flexibility index (Phi) is 7.57. The molecule has 3 heterocycles. The van der Waals surface area contributed by atoms with Gasteiger partial charge in [0.05, 0.1) is 12.6 Å². The van der Waals surface area contributed by atoms with Gasteiger partial charge < -0.3 is 25.3 Å². The molecule has 0 radical (unpaired) electrons. The lowest BCUT2D eigenvalue weighted by Crippen LogP contribution is -2.70. The van der Waals surface area contributed by atoms with Gasteiger partial charge in [-0.3, -0.25) is 19.6 Å². The van der Waals surface area contributed by atoms with Crippen LogP contribution in [-0.4, -0.2) is 77.7 Å². The van der Waals surface area contributed by atoms with E-state index >= 15 is 0 Å². The van der Waals surface area contributed by atoms with Gasteiger partial charge in [0.15, 0.2) is 10.8 Å². The number of carboxylic acids is 1. The van der Waals surface area contributed by atoms with Crippen LogP contribution in [0, 0.1) is 0 Å². The van der Waals surface area contributed by atoms with Gasteiger partial charge in [0, 0.05) is 5.38 Å². The first-order chi connectivity index (χ1) is 16.7. The summed E-state index contributed by atoms with van der Waals surface area (Å²) in [7, 11) is 0. The summed E-state index contributed by atoms with van der Waals surface area (Å²) in [5.41, 5.74) is -2.91. The van der Waals surface area contributed by atoms with Crippen molar-refractivity contribution in [3.8, 4) is 0 Å². The monoisotopic (exact) mass is 522 g/mol. The number of anilines is 1. The largest absolute Gasteiger partial charge is 0.478 e. The third-order valence-corrected chi connectivity index (χ3v) is 5.36. The molecule has 3 rings (SSSR count). The second kappa shape index (κ2) is 10.3. The summed E-state index contributed by atoms with van der Waals surface area (Å²) < 4.78 is 6.67. The summed E-state index contributed by atoms with van der Waals surface area (Å²) in [6, 6.07) is -1.39. The number of β-lactam (4-membered cyclic amide) rings is 1. The van der Waals surface area contributed by atoms with E-state index in [-0.39, 0.29) is 17.4 Å². The maximum absolute atomic E-state index is 13.1. The lowest BCUT2D eigenvalue weighted by atomic mass is 9.98. The summed E-state index contributed by atoms with van der Waals surface area (Å²) >= 11 is 0.978. The fraction of sp³-hybridized carbons (Fsp3) is 0.500. The molecule has 4 N–H and O–H groups in total. The number of rotatable bonds is 9. The Morgan fingerprint density at radius 3 is 2.58 bits per heavy atom. The molecule has 1 aliphatic heterocycles. The molecule has 0 saturated carbocycles. The molecule has 0 bridgehead atoms. The Bertz CT molecular complexity index is 1170. The molecule has 2 aromatic heterocycles. The number of hydrogen-bond acceptors (Lipinski definition) is 11. The minimum atomic E-state index is -1.76. The molecule has 1 fully saturated rings. The highest BCUT2D eigenvalue weighted by molar-refractivity contribution is 7.14. The zero-order valence-corrected chi connectivity index (χ0v) is 21.0. The molecule has 0 aromatic carbocycles. The number of aliphatic carboxylic acids is 1. The van der Waals surface area contributed by atoms with Crippen LogP contribution in [0.3, 0.4) is 0 Å². The van der Waals surface area contributed by atoms with Crippen LogP contribution in [0.25, 0.3) is 0 Å². The van der Waals surface area contributed by atoms with E-state index in [0.29, 0.717) is 0 Å². The zero-order chi connectivity index (χ0) is 26.7. The van der Waals surface area contributed by atoms with Crippen molar-refractivity contribution < 1.29 is 33.9 Å². The fourth-order valence-electron chi connectivity index (χ4n) is 2.73. The lowest BCUT2D eigenvalue weighted by molar-refractivity contribution is -0.161. The molecule has 0 aliphatic carbocycles. The highest BCUT2D eigenvalue weighted by atomic mass is 32.1. The van der Waals surface area contributed by atoms with Crippen molar-refractivity contribution >= 4 is 46.1 Å². The van der Waals surface area contributed by atoms with E-state index in [1.807, 2.05) is 0 Å². The Morgan fingerprint density at radius 2 is 2.00 bits per heavy atom. The van der Waals surface area contributed by atoms with Gasteiger partial charge in [-0.25, -0.2) is 19.6 Å². The van der Waals surface area contributed by atoms with Crippen LogP contribution in [-0.2, 0) is 30.5 Å². The van der Waals surface area contributed by atoms with Crippen molar-refractivity contribution in [3.05, 3.63) is 23.7 Å². The van der Waals surface area contributed by atoms with Crippen molar-refractivity contribution in [1.82, 2.24) is 30.4 Å². The molecule has 194 valence electrons. The molecular formula is C20H26N8O7S. The number of aromatic nitrogens is 4. The minimum Gasteiger partial charge on any atom is -0.478 e. The lowest BCUT2D eigenvalue weighted by Gasteiger charge is -2.36. The van der Waals surface area contributed by atoms with Crippen molar-refractivity contribution in [2.45, 2.75) is 64.4 Å². The summed E-state index contributed by atoms with van der Waals surface area (Å²) in [6.45, 7) is 7.85. The van der Waals surface area contributed by atoms with E-state index in [1.54, 1.807) is 20.8 Å². The predicted molar refractivity (Wildman–Crippen MR) is 125 cm³/mol. The van der Waals surface area contributed by atoms with Crippen molar-refractivity contribution in [2.24, 2.45) is 5.16 Å². The molecule has 15 nitrogen and oxygen atoms in total.